The molecule has 2 fully saturated rings. The molecule has 0 radical (unpaired) electrons. The number of carbonyl (C=O) groups is 2. The second-order valence-electron chi connectivity index (χ2n) is 6.13. The van der Waals surface area contributed by atoms with Gasteiger partial charge in [0, 0.05) is 6.54 Å². The number of imide groups is 1. The van der Waals surface area contributed by atoms with Crippen molar-refractivity contribution in [1.82, 2.24) is 25.4 Å². The van der Waals surface area contributed by atoms with E-state index in [1.54, 1.807) is 0 Å². The SMILES string of the molecule is O=C1NCC2(CC2)C(=O)N1Cc1n[nH]c(COc2ccccc2)n1. The van der Waals surface area contributed by atoms with E-state index in [9.17, 15) is 9.59 Å². The van der Waals surface area contributed by atoms with Crippen LogP contribution in [0, 0.1) is 5.41 Å². The van der Waals surface area contributed by atoms with Gasteiger partial charge in [0.1, 0.15) is 12.4 Å². The Morgan fingerprint density at radius 2 is 2.00 bits per heavy atom. The van der Waals surface area contributed by atoms with Crippen LogP contribution in [0.15, 0.2) is 30.3 Å². The van der Waals surface area contributed by atoms with Gasteiger partial charge in [-0.25, -0.2) is 9.78 Å². The minimum atomic E-state index is -0.385. The minimum absolute atomic E-state index is 0.0637. The smallest absolute Gasteiger partial charge is 0.324 e. The van der Waals surface area contributed by atoms with Crippen molar-refractivity contribution in [2.75, 3.05) is 6.54 Å². The summed E-state index contributed by atoms with van der Waals surface area (Å²) < 4.78 is 5.59. The Hall–Kier alpha value is -2.90. The molecule has 124 valence electrons. The van der Waals surface area contributed by atoms with E-state index in [1.807, 2.05) is 30.3 Å². The van der Waals surface area contributed by atoms with Gasteiger partial charge in [-0.05, 0) is 25.0 Å². The fourth-order valence-corrected chi connectivity index (χ4v) is 2.76. The van der Waals surface area contributed by atoms with Gasteiger partial charge in [0.05, 0.1) is 12.0 Å². The highest BCUT2D eigenvalue weighted by molar-refractivity contribution is 6.01. The molecule has 1 aliphatic heterocycles. The summed E-state index contributed by atoms with van der Waals surface area (Å²) in [6, 6.07) is 8.99. The summed E-state index contributed by atoms with van der Waals surface area (Å²) >= 11 is 0. The number of urea groups is 1. The van der Waals surface area contributed by atoms with Crippen LogP contribution in [-0.4, -0.2) is 38.6 Å². The summed E-state index contributed by atoms with van der Waals surface area (Å²) in [6.45, 7) is 0.737. The van der Waals surface area contributed by atoms with E-state index < -0.39 is 0 Å². The molecule has 8 heteroatoms. The third-order valence-electron chi connectivity index (χ3n) is 4.37. The number of hydrogen-bond acceptors (Lipinski definition) is 5. The van der Waals surface area contributed by atoms with Crippen molar-refractivity contribution in [2.24, 2.45) is 5.41 Å². The van der Waals surface area contributed by atoms with Gasteiger partial charge in [0.15, 0.2) is 11.6 Å². The summed E-state index contributed by atoms with van der Waals surface area (Å²) in [5, 5.41) is 9.61. The number of benzene rings is 1. The van der Waals surface area contributed by atoms with Gasteiger partial charge >= 0.3 is 6.03 Å². The predicted molar refractivity (Wildman–Crippen MR) is 82.8 cm³/mol. The molecule has 2 aromatic rings. The van der Waals surface area contributed by atoms with E-state index >= 15 is 0 Å². The molecule has 0 bridgehead atoms. The highest BCUT2D eigenvalue weighted by Crippen LogP contribution is 2.48. The first-order valence-electron chi connectivity index (χ1n) is 7.84. The number of rotatable bonds is 5. The molecule has 2 heterocycles. The van der Waals surface area contributed by atoms with E-state index in [-0.39, 0.29) is 30.5 Å². The molecule has 1 aromatic heterocycles. The Labute approximate surface area is 138 Å². The maximum absolute atomic E-state index is 12.4. The van der Waals surface area contributed by atoms with Crippen molar-refractivity contribution in [3.8, 4) is 5.75 Å². The number of aromatic amines is 1. The van der Waals surface area contributed by atoms with Gasteiger partial charge in [0.2, 0.25) is 5.91 Å². The van der Waals surface area contributed by atoms with E-state index in [2.05, 4.69) is 20.5 Å². The van der Waals surface area contributed by atoms with Gasteiger partial charge < -0.3 is 10.1 Å². The molecule has 2 aliphatic rings. The number of H-pyrrole nitrogens is 1. The van der Waals surface area contributed by atoms with E-state index in [1.165, 1.54) is 4.90 Å². The predicted octanol–water partition coefficient (Wildman–Crippen LogP) is 1.22. The molecule has 24 heavy (non-hydrogen) atoms. The molecule has 1 spiro atoms. The number of aromatic nitrogens is 3. The zero-order valence-corrected chi connectivity index (χ0v) is 13.0. The number of carbonyl (C=O) groups excluding carboxylic acids is 2. The van der Waals surface area contributed by atoms with Crippen LogP contribution < -0.4 is 10.1 Å². The largest absolute Gasteiger partial charge is 0.486 e. The molecule has 1 saturated carbocycles. The summed E-state index contributed by atoms with van der Waals surface area (Å²) in [4.78, 5) is 29.8. The Kier molecular flexibility index (Phi) is 3.44. The third-order valence-corrected chi connectivity index (χ3v) is 4.37. The van der Waals surface area contributed by atoms with Gasteiger partial charge in [-0.1, -0.05) is 18.2 Å². The van der Waals surface area contributed by atoms with Gasteiger partial charge in [-0.3, -0.25) is 14.8 Å². The average molecular weight is 327 g/mol. The molecule has 8 nitrogen and oxygen atoms in total. The van der Waals surface area contributed by atoms with Crippen molar-refractivity contribution >= 4 is 11.9 Å². The minimum Gasteiger partial charge on any atom is -0.486 e. The lowest BCUT2D eigenvalue weighted by Crippen LogP contribution is -2.55. The van der Waals surface area contributed by atoms with E-state index in [0.717, 1.165) is 18.6 Å². The van der Waals surface area contributed by atoms with Gasteiger partial charge in [-0.15, -0.1) is 0 Å². The molecule has 4 rings (SSSR count). The lowest BCUT2D eigenvalue weighted by Gasteiger charge is -2.30. The van der Waals surface area contributed by atoms with Crippen molar-refractivity contribution < 1.29 is 14.3 Å². The molecular formula is C16H17N5O3. The Morgan fingerprint density at radius 3 is 2.75 bits per heavy atom. The summed E-state index contributed by atoms with van der Waals surface area (Å²) in [5.74, 6) is 1.54. The van der Waals surface area contributed by atoms with Crippen LogP contribution in [0.2, 0.25) is 0 Å². The molecule has 1 saturated heterocycles. The van der Waals surface area contributed by atoms with Crippen LogP contribution in [0.4, 0.5) is 4.79 Å². The first kappa shape index (κ1) is 14.7. The fourth-order valence-electron chi connectivity index (χ4n) is 2.76. The second-order valence-corrected chi connectivity index (χ2v) is 6.13. The molecule has 2 N–H and O–H groups in total. The quantitative estimate of drug-likeness (QED) is 0.860. The average Bonchev–Trinajstić information content (AvgIpc) is 3.26. The van der Waals surface area contributed by atoms with Crippen LogP contribution in [0.3, 0.4) is 0 Å². The number of nitrogens with zero attached hydrogens (tertiary/aromatic N) is 3. The van der Waals surface area contributed by atoms with Crippen LogP contribution in [0.1, 0.15) is 24.5 Å². The number of hydrogen-bond donors (Lipinski definition) is 2. The maximum atomic E-state index is 12.4. The van der Waals surface area contributed by atoms with Crippen LogP contribution in [-0.2, 0) is 17.9 Å². The first-order chi connectivity index (χ1) is 11.7. The van der Waals surface area contributed by atoms with Crippen LogP contribution in [0.25, 0.3) is 0 Å². The standard InChI is InChI=1S/C16H17N5O3/c22-14-16(6-7-16)10-17-15(23)21(14)8-12-18-13(20-19-12)9-24-11-4-2-1-3-5-11/h1-5H,6-10H2,(H,17,23)(H,18,19,20). The molecule has 0 unspecified atom stereocenters. The Balaban J connectivity index is 1.39. The number of para-hydroxylation sites is 1. The lowest BCUT2D eigenvalue weighted by molar-refractivity contribution is -0.135. The summed E-state index contributed by atoms with van der Waals surface area (Å²) in [7, 11) is 0. The zero-order valence-electron chi connectivity index (χ0n) is 13.0. The van der Waals surface area contributed by atoms with Crippen molar-refractivity contribution in [3.63, 3.8) is 0 Å². The first-order valence-corrected chi connectivity index (χ1v) is 7.84. The Bertz CT molecular complexity index is 769. The van der Waals surface area contributed by atoms with Crippen molar-refractivity contribution in [3.05, 3.63) is 42.0 Å². The van der Waals surface area contributed by atoms with Gasteiger partial charge in [-0.2, -0.15) is 5.10 Å². The molecule has 1 aliphatic carbocycles. The third kappa shape index (κ3) is 2.70. The number of ether oxygens (including phenoxy) is 1. The summed E-state index contributed by atoms with van der Waals surface area (Å²) in [6.07, 6.45) is 1.65. The highest BCUT2D eigenvalue weighted by atomic mass is 16.5. The molecule has 3 amide bonds. The van der Waals surface area contributed by atoms with E-state index in [4.69, 9.17) is 4.74 Å². The molecule has 1 aromatic carbocycles. The molecular weight excluding hydrogens is 310 g/mol. The monoisotopic (exact) mass is 327 g/mol. The zero-order chi connectivity index (χ0) is 16.6. The number of nitrogens with one attached hydrogen (secondary N) is 2. The fraction of sp³-hybridized carbons (Fsp3) is 0.375. The van der Waals surface area contributed by atoms with Crippen LogP contribution in [0.5, 0.6) is 5.75 Å². The Morgan fingerprint density at radius 1 is 1.21 bits per heavy atom. The van der Waals surface area contributed by atoms with E-state index in [0.29, 0.717) is 18.2 Å². The second kappa shape index (κ2) is 5.63. The normalized spacial score (nSPS) is 18.6. The highest BCUT2D eigenvalue weighted by Gasteiger charge is 2.55. The molecule has 0 atom stereocenters. The van der Waals surface area contributed by atoms with Crippen molar-refractivity contribution in [1.29, 1.82) is 0 Å². The van der Waals surface area contributed by atoms with Crippen LogP contribution >= 0.6 is 0 Å². The number of amides is 3. The van der Waals surface area contributed by atoms with Gasteiger partial charge in [0.25, 0.3) is 0 Å². The summed E-state index contributed by atoms with van der Waals surface area (Å²) in [5.41, 5.74) is -0.385. The van der Waals surface area contributed by atoms with Crippen molar-refractivity contribution in [2.45, 2.75) is 26.0 Å². The lowest BCUT2D eigenvalue weighted by atomic mass is 10.0. The maximum Gasteiger partial charge on any atom is 0.324 e. The topological polar surface area (TPSA) is 100 Å².